The van der Waals surface area contributed by atoms with Gasteiger partial charge in [-0.1, -0.05) is 18.9 Å². The van der Waals surface area contributed by atoms with E-state index in [4.69, 9.17) is 4.42 Å². The maximum absolute atomic E-state index is 13.5. The molecule has 6 nitrogen and oxygen atoms in total. The lowest BCUT2D eigenvalue weighted by atomic mass is 10.1. The number of nitrogens with one attached hydrogen (secondary N) is 1. The topological polar surface area (TPSA) is 79.6 Å². The molecule has 0 saturated heterocycles. The van der Waals surface area contributed by atoms with Crippen LogP contribution in [0.3, 0.4) is 0 Å². The molecule has 1 aliphatic rings. The third-order valence-electron chi connectivity index (χ3n) is 5.52. The summed E-state index contributed by atoms with van der Waals surface area (Å²) in [5.41, 5.74) is 1.06. The van der Waals surface area contributed by atoms with Gasteiger partial charge in [-0.2, -0.15) is 0 Å². The van der Waals surface area contributed by atoms with Crippen LogP contribution in [-0.2, 0) is 4.79 Å². The van der Waals surface area contributed by atoms with E-state index in [1.165, 1.54) is 29.4 Å². The minimum Gasteiger partial charge on any atom is -0.459 e. The Kier molecular flexibility index (Phi) is 6.32. The van der Waals surface area contributed by atoms with Crippen molar-refractivity contribution < 1.29 is 18.8 Å². The van der Waals surface area contributed by atoms with Gasteiger partial charge in [0.15, 0.2) is 17.6 Å². The van der Waals surface area contributed by atoms with Gasteiger partial charge in [0.25, 0.3) is 5.91 Å². The minimum absolute atomic E-state index is 0.0655. The number of amides is 2. The SMILES string of the molecule is CC(=O)c1ccc(N(C(=O)c2ccco2)[C@H](C(=O)NC2CCCC2)c2cccs2)cc1. The molecule has 7 heteroatoms. The molecule has 3 aromatic rings. The van der Waals surface area contributed by atoms with Gasteiger partial charge in [0, 0.05) is 22.2 Å². The Morgan fingerprint density at radius 1 is 1.06 bits per heavy atom. The van der Waals surface area contributed by atoms with Crippen molar-refractivity contribution in [2.45, 2.75) is 44.7 Å². The third-order valence-corrected chi connectivity index (χ3v) is 6.45. The Hall–Kier alpha value is -3.19. The van der Waals surface area contributed by atoms with Crippen LogP contribution < -0.4 is 10.2 Å². The number of nitrogens with zero attached hydrogens (tertiary/aromatic N) is 1. The first-order valence-electron chi connectivity index (χ1n) is 10.4. The lowest BCUT2D eigenvalue weighted by molar-refractivity contribution is -0.123. The lowest BCUT2D eigenvalue weighted by Crippen LogP contribution is -2.46. The molecule has 1 fully saturated rings. The second-order valence-electron chi connectivity index (χ2n) is 7.66. The van der Waals surface area contributed by atoms with Crippen LogP contribution in [-0.4, -0.2) is 23.6 Å². The molecule has 160 valence electrons. The number of thiophene rings is 1. The summed E-state index contributed by atoms with van der Waals surface area (Å²) in [5.74, 6) is -0.555. The number of carbonyl (C=O) groups excluding carboxylic acids is 3. The molecule has 2 aromatic heterocycles. The first-order chi connectivity index (χ1) is 15.0. The van der Waals surface area contributed by atoms with E-state index in [9.17, 15) is 14.4 Å². The summed E-state index contributed by atoms with van der Waals surface area (Å²) in [5, 5.41) is 5.02. The van der Waals surface area contributed by atoms with Gasteiger partial charge in [0.05, 0.1) is 6.26 Å². The zero-order chi connectivity index (χ0) is 21.8. The first kappa shape index (κ1) is 21.1. The molecule has 31 heavy (non-hydrogen) atoms. The maximum atomic E-state index is 13.5. The van der Waals surface area contributed by atoms with Crippen LogP contribution in [0.15, 0.2) is 64.6 Å². The highest BCUT2D eigenvalue weighted by atomic mass is 32.1. The molecule has 1 aromatic carbocycles. The van der Waals surface area contributed by atoms with E-state index in [1.54, 1.807) is 36.4 Å². The summed E-state index contributed by atoms with van der Waals surface area (Å²) < 4.78 is 5.37. The third kappa shape index (κ3) is 4.61. The zero-order valence-electron chi connectivity index (χ0n) is 17.2. The number of rotatable bonds is 7. The Morgan fingerprint density at radius 2 is 1.81 bits per heavy atom. The van der Waals surface area contributed by atoms with Gasteiger partial charge in [-0.25, -0.2) is 0 Å². The molecule has 0 aliphatic heterocycles. The summed E-state index contributed by atoms with van der Waals surface area (Å²) in [6.45, 7) is 1.49. The van der Waals surface area contributed by atoms with Crippen LogP contribution in [0.5, 0.6) is 0 Å². The van der Waals surface area contributed by atoms with Gasteiger partial charge in [0.2, 0.25) is 5.91 Å². The van der Waals surface area contributed by atoms with E-state index in [-0.39, 0.29) is 23.5 Å². The Labute approximate surface area is 184 Å². The standard InChI is InChI=1S/C24H24N2O4S/c1-16(27)17-10-12-19(13-11-17)26(24(29)20-8-4-14-30-20)22(21-9-5-15-31-21)23(28)25-18-6-2-3-7-18/h4-5,8-15,18,22H,2-3,6-7H2,1H3,(H,25,28)/t22-/m0/s1. The number of ketones is 1. The summed E-state index contributed by atoms with van der Waals surface area (Å²) in [6.07, 6.45) is 5.51. The lowest BCUT2D eigenvalue weighted by Gasteiger charge is -2.31. The largest absolute Gasteiger partial charge is 0.459 e. The first-order valence-corrected chi connectivity index (χ1v) is 11.2. The van der Waals surface area contributed by atoms with Crippen LogP contribution in [0.1, 0.15) is 64.4 Å². The second kappa shape index (κ2) is 9.31. The van der Waals surface area contributed by atoms with Crippen LogP contribution in [0.2, 0.25) is 0 Å². The highest BCUT2D eigenvalue weighted by Crippen LogP contribution is 2.33. The van der Waals surface area contributed by atoms with Crippen molar-refractivity contribution in [1.29, 1.82) is 0 Å². The normalized spacial score (nSPS) is 14.9. The van der Waals surface area contributed by atoms with Crippen LogP contribution in [0.4, 0.5) is 5.69 Å². The number of hydrogen-bond acceptors (Lipinski definition) is 5. The summed E-state index contributed by atoms with van der Waals surface area (Å²) in [6, 6.07) is 12.9. The molecule has 1 atom stereocenters. The number of benzene rings is 1. The molecule has 4 rings (SSSR count). The van der Waals surface area contributed by atoms with Crippen LogP contribution >= 0.6 is 11.3 Å². The van der Waals surface area contributed by atoms with E-state index in [0.29, 0.717) is 11.3 Å². The van der Waals surface area contributed by atoms with Crippen molar-refractivity contribution in [3.05, 3.63) is 76.4 Å². The Balaban J connectivity index is 1.76. The van der Waals surface area contributed by atoms with Gasteiger partial charge < -0.3 is 9.73 Å². The molecule has 0 bridgehead atoms. The number of furan rings is 1. The van der Waals surface area contributed by atoms with Crippen molar-refractivity contribution in [3.8, 4) is 0 Å². The zero-order valence-corrected chi connectivity index (χ0v) is 18.1. The molecule has 1 aliphatic carbocycles. The van der Waals surface area contributed by atoms with Crippen molar-refractivity contribution >= 4 is 34.6 Å². The minimum atomic E-state index is -0.846. The fraction of sp³-hybridized carbons (Fsp3) is 0.292. The summed E-state index contributed by atoms with van der Waals surface area (Å²) >= 11 is 1.42. The van der Waals surface area contributed by atoms with E-state index in [0.717, 1.165) is 30.6 Å². The van der Waals surface area contributed by atoms with Crippen molar-refractivity contribution in [1.82, 2.24) is 5.32 Å². The van der Waals surface area contributed by atoms with E-state index in [1.807, 2.05) is 17.5 Å². The number of hydrogen-bond donors (Lipinski definition) is 1. The predicted molar refractivity (Wildman–Crippen MR) is 119 cm³/mol. The monoisotopic (exact) mass is 436 g/mol. The number of carbonyl (C=O) groups is 3. The Morgan fingerprint density at radius 3 is 2.39 bits per heavy atom. The molecule has 0 spiro atoms. The van der Waals surface area contributed by atoms with Crippen molar-refractivity contribution in [2.75, 3.05) is 4.90 Å². The van der Waals surface area contributed by atoms with Gasteiger partial charge in [-0.15, -0.1) is 11.3 Å². The number of Topliss-reactive ketones (excluding diaryl/α,β-unsaturated/α-hetero) is 1. The molecule has 1 saturated carbocycles. The fourth-order valence-corrected chi connectivity index (χ4v) is 4.74. The quantitative estimate of drug-likeness (QED) is 0.529. The molecule has 2 amide bonds. The number of anilines is 1. The highest BCUT2D eigenvalue weighted by molar-refractivity contribution is 7.10. The van der Waals surface area contributed by atoms with Gasteiger partial charge >= 0.3 is 0 Å². The van der Waals surface area contributed by atoms with Crippen molar-refractivity contribution in [2.24, 2.45) is 0 Å². The highest BCUT2D eigenvalue weighted by Gasteiger charge is 2.36. The van der Waals surface area contributed by atoms with Crippen LogP contribution in [0, 0.1) is 0 Å². The summed E-state index contributed by atoms with van der Waals surface area (Å²) in [7, 11) is 0. The molecule has 0 radical (unpaired) electrons. The van der Waals surface area contributed by atoms with E-state index >= 15 is 0 Å². The maximum Gasteiger partial charge on any atom is 0.295 e. The van der Waals surface area contributed by atoms with Gasteiger partial charge in [-0.05, 0) is 67.6 Å². The molecule has 0 unspecified atom stereocenters. The molecule has 2 heterocycles. The smallest absolute Gasteiger partial charge is 0.295 e. The fourth-order valence-electron chi connectivity index (χ4n) is 3.93. The molecule has 1 N–H and O–H groups in total. The van der Waals surface area contributed by atoms with Crippen molar-refractivity contribution in [3.63, 3.8) is 0 Å². The average molecular weight is 437 g/mol. The van der Waals surface area contributed by atoms with Crippen LogP contribution in [0.25, 0.3) is 0 Å². The Bertz CT molecular complexity index is 1040. The second-order valence-corrected chi connectivity index (χ2v) is 8.64. The average Bonchev–Trinajstić information content (AvgIpc) is 3.55. The van der Waals surface area contributed by atoms with Gasteiger partial charge in [0.1, 0.15) is 0 Å². The molecular formula is C24H24N2O4S. The van der Waals surface area contributed by atoms with Gasteiger partial charge in [-0.3, -0.25) is 19.3 Å². The van der Waals surface area contributed by atoms with E-state index < -0.39 is 11.9 Å². The molecular weight excluding hydrogens is 412 g/mol. The van der Waals surface area contributed by atoms with E-state index in [2.05, 4.69) is 5.32 Å². The predicted octanol–water partition coefficient (Wildman–Crippen LogP) is 4.99. The summed E-state index contributed by atoms with van der Waals surface area (Å²) in [4.78, 5) is 40.9.